The Morgan fingerprint density at radius 2 is 1.96 bits per heavy atom. The van der Waals surface area contributed by atoms with Crippen LogP contribution in [0, 0.1) is 5.92 Å². The molecule has 0 aliphatic rings. The number of hydrogen-bond acceptors (Lipinski definition) is 6. The lowest BCUT2D eigenvalue weighted by Gasteiger charge is -2.07. The highest BCUT2D eigenvalue weighted by molar-refractivity contribution is 9.10. The van der Waals surface area contributed by atoms with Crippen molar-refractivity contribution >= 4 is 39.6 Å². The van der Waals surface area contributed by atoms with Gasteiger partial charge in [-0.25, -0.2) is 4.79 Å². The van der Waals surface area contributed by atoms with E-state index in [1.807, 2.05) is 38.1 Å². The summed E-state index contributed by atoms with van der Waals surface area (Å²) in [4.78, 5) is 23.2. The first-order valence-corrected chi connectivity index (χ1v) is 9.02. The van der Waals surface area contributed by atoms with Gasteiger partial charge >= 0.3 is 6.03 Å². The molecule has 0 saturated carbocycles. The zero-order valence-electron chi connectivity index (χ0n) is 13.2. The molecule has 7 nitrogen and oxygen atoms in total. The van der Waals surface area contributed by atoms with Crippen LogP contribution in [0.4, 0.5) is 4.79 Å². The third kappa shape index (κ3) is 5.97. The maximum absolute atomic E-state index is 11.7. The van der Waals surface area contributed by atoms with E-state index in [0.29, 0.717) is 18.4 Å². The summed E-state index contributed by atoms with van der Waals surface area (Å²) in [5.74, 6) is 0.275. The molecular formula is C15H17BrN4O3S. The molecular weight excluding hydrogens is 396 g/mol. The number of imide groups is 1. The van der Waals surface area contributed by atoms with Crippen LogP contribution in [0.5, 0.6) is 0 Å². The minimum atomic E-state index is -0.504. The second-order valence-corrected chi connectivity index (χ2v) is 7.16. The average molecular weight is 413 g/mol. The van der Waals surface area contributed by atoms with Crippen molar-refractivity contribution in [1.82, 2.24) is 20.8 Å². The quantitative estimate of drug-likeness (QED) is 0.707. The normalized spacial score (nSPS) is 10.7. The van der Waals surface area contributed by atoms with E-state index in [1.54, 1.807) is 0 Å². The molecule has 0 aliphatic carbocycles. The topological polar surface area (TPSA) is 97.1 Å². The molecule has 0 radical (unpaired) electrons. The van der Waals surface area contributed by atoms with E-state index in [1.165, 1.54) is 0 Å². The van der Waals surface area contributed by atoms with Gasteiger partial charge in [0.1, 0.15) is 0 Å². The second-order valence-electron chi connectivity index (χ2n) is 5.32. The predicted molar refractivity (Wildman–Crippen MR) is 94.5 cm³/mol. The van der Waals surface area contributed by atoms with E-state index in [4.69, 9.17) is 4.42 Å². The summed E-state index contributed by atoms with van der Waals surface area (Å²) in [6.07, 6.45) is 0. The Kier molecular flexibility index (Phi) is 6.80. The van der Waals surface area contributed by atoms with Gasteiger partial charge in [0, 0.05) is 16.6 Å². The van der Waals surface area contributed by atoms with Crippen molar-refractivity contribution in [2.24, 2.45) is 5.92 Å². The van der Waals surface area contributed by atoms with Crippen molar-refractivity contribution in [2.45, 2.75) is 19.1 Å². The molecule has 0 atom stereocenters. The van der Waals surface area contributed by atoms with E-state index in [-0.39, 0.29) is 11.0 Å². The van der Waals surface area contributed by atoms with Crippen molar-refractivity contribution in [1.29, 1.82) is 0 Å². The van der Waals surface area contributed by atoms with Crippen LogP contribution in [0.1, 0.15) is 13.8 Å². The molecule has 9 heteroatoms. The zero-order valence-corrected chi connectivity index (χ0v) is 15.6. The summed E-state index contributed by atoms with van der Waals surface area (Å²) < 4.78 is 6.44. The van der Waals surface area contributed by atoms with Gasteiger partial charge in [-0.15, -0.1) is 10.2 Å². The number of rotatable bonds is 6. The number of nitrogens with one attached hydrogen (secondary N) is 2. The third-order valence-electron chi connectivity index (χ3n) is 2.75. The Bertz CT molecular complexity index is 703. The number of hydrogen-bond donors (Lipinski definition) is 2. The van der Waals surface area contributed by atoms with Crippen LogP contribution in [0.2, 0.25) is 0 Å². The van der Waals surface area contributed by atoms with Crippen LogP contribution >= 0.6 is 27.7 Å². The Morgan fingerprint density at radius 3 is 2.62 bits per heavy atom. The Balaban J connectivity index is 1.81. The maximum Gasteiger partial charge on any atom is 0.321 e. The standard InChI is InChI=1S/C15H17BrN4O3S/c1-9(2)7-17-14(22)18-12(21)8-24-15-20-19-13(23-15)10-3-5-11(16)6-4-10/h3-6,9H,7-8H2,1-2H3,(H2,17,18,21,22). The Hall–Kier alpha value is -1.87. The van der Waals surface area contributed by atoms with Crippen LogP contribution < -0.4 is 10.6 Å². The molecule has 2 N–H and O–H groups in total. The number of nitrogens with zero attached hydrogens (tertiary/aromatic N) is 2. The molecule has 0 saturated heterocycles. The van der Waals surface area contributed by atoms with Gasteiger partial charge < -0.3 is 9.73 Å². The Morgan fingerprint density at radius 1 is 1.25 bits per heavy atom. The molecule has 24 heavy (non-hydrogen) atoms. The summed E-state index contributed by atoms with van der Waals surface area (Å²) in [7, 11) is 0. The number of halogens is 1. The van der Waals surface area contributed by atoms with E-state index in [9.17, 15) is 9.59 Å². The molecule has 0 aliphatic heterocycles. The van der Waals surface area contributed by atoms with Crippen molar-refractivity contribution < 1.29 is 14.0 Å². The number of thioether (sulfide) groups is 1. The molecule has 3 amide bonds. The van der Waals surface area contributed by atoms with E-state index in [0.717, 1.165) is 21.8 Å². The van der Waals surface area contributed by atoms with E-state index in [2.05, 4.69) is 36.8 Å². The SMILES string of the molecule is CC(C)CNC(=O)NC(=O)CSc1nnc(-c2ccc(Br)cc2)o1. The largest absolute Gasteiger partial charge is 0.411 e. The van der Waals surface area contributed by atoms with Gasteiger partial charge in [-0.3, -0.25) is 10.1 Å². The van der Waals surface area contributed by atoms with Gasteiger partial charge in [-0.2, -0.15) is 0 Å². The van der Waals surface area contributed by atoms with Gasteiger partial charge in [-0.05, 0) is 30.2 Å². The van der Waals surface area contributed by atoms with E-state index >= 15 is 0 Å². The molecule has 128 valence electrons. The zero-order chi connectivity index (χ0) is 17.5. The highest BCUT2D eigenvalue weighted by Crippen LogP contribution is 2.24. The molecule has 0 fully saturated rings. The lowest BCUT2D eigenvalue weighted by atomic mass is 10.2. The lowest BCUT2D eigenvalue weighted by Crippen LogP contribution is -2.41. The minimum Gasteiger partial charge on any atom is -0.411 e. The van der Waals surface area contributed by atoms with Crippen molar-refractivity contribution in [3.63, 3.8) is 0 Å². The summed E-state index contributed by atoms with van der Waals surface area (Å²) >= 11 is 4.43. The van der Waals surface area contributed by atoms with Gasteiger partial charge in [0.05, 0.1) is 5.75 Å². The van der Waals surface area contributed by atoms with Gasteiger partial charge in [-0.1, -0.05) is 41.5 Å². The van der Waals surface area contributed by atoms with Gasteiger partial charge in [0.25, 0.3) is 5.22 Å². The Labute approximate surface area is 152 Å². The van der Waals surface area contributed by atoms with Crippen LogP contribution in [0.25, 0.3) is 11.5 Å². The number of benzene rings is 1. The van der Waals surface area contributed by atoms with Crippen LogP contribution in [-0.2, 0) is 4.79 Å². The van der Waals surface area contributed by atoms with Crippen LogP contribution in [0.15, 0.2) is 38.4 Å². The molecule has 2 aromatic rings. The second kappa shape index (κ2) is 8.84. The predicted octanol–water partition coefficient (Wildman–Crippen LogP) is 3.07. The average Bonchev–Trinajstić information content (AvgIpc) is 3.00. The summed E-state index contributed by atoms with van der Waals surface area (Å²) in [6.45, 7) is 4.44. The summed E-state index contributed by atoms with van der Waals surface area (Å²) in [5, 5.41) is 12.9. The first kappa shape index (κ1) is 18.5. The highest BCUT2D eigenvalue weighted by Gasteiger charge is 2.13. The number of urea groups is 1. The molecule has 0 spiro atoms. The molecule has 0 unspecified atom stereocenters. The first-order valence-electron chi connectivity index (χ1n) is 7.24. The van der Waals surface area contributed by atoms with Crippen LogP contribution in [-0.4, -0.2) is 34.4 Å². The number of carbonyl (C=O) groups is 2. The lowest BCUT2D eigenvalue weighted by molar-refractivity contribution is -0.117. The fourth-order valence-electron chi connectivity index (χ4n) is 1.61. The summed E-state index contributed by atoms with van der Waals surface area (Å²) in [6, 6.07) is 6.93. The molecule has 1 aromatic carbocycles. The van der Waals surface area contributed by atoms with Crippen molar-refractivity contribution in [3.8, 4) is 11.5 Å². The first-order chi connectivity index (χ1) is 11.4. The fourth-order valence-corrected chi connectivity index (χ4v) is 2.44. The number of amides is 3. The highest BCUT2D eigenvalue weighted by atomic mass is 79.9. The molecule has 1 heterocycles. The third-order valence-corrected chi connectivity index (χ3v) is 4.10. The minimum absolute atomic E-state index is 0.0110. The fraction of sp³-hybridized carbons (Fsp3) is 0.333. The number of aromatic nitrogens is 2. The molecule has 2 rings (SSSR count). The van der Waals surface area contributed by atoms with Gasteiger partial charge in [0.2, 0.25) is 11.8 Å². The number of carbonyl (C=O) groups excluding carboxylic acids is 2. The summed E-state index contributed by atoms with van der Waals surface area (Å²) in [5.41, 5.74) is 0.787. The smallest absolute Gasteiger partial charge is 0.321 e. The monoisotopic (exact) mass is 412 g/mol. The maximum atomic E-state index is 11.7. The van der Waals surface area contributed by atoms with E-state index < -0.39 is 11.9 Å². The van der Waals surface area contributed by atoms with Crippen molar-refractivity contribution in [2.75, 3.05) is 12.3 Å². The van der Waals surface area contributed by atoms with Crippen LogP contribution in [0.3, 0.4) is 0 Å². The van der Waals surface area contributed by atoms with Gasteiger partial charge in [0.15, 0.2) is 0 Å². The van der Waals surface area contributed by atoms with Crippen molar-refractivity contribution in [3.05, 3.63) is 28.7 Å². The molecule has 1 aromatic heterocycles. The molecule has 0 bridgehead atoms.